The van der Waals surface area contributed by atoms with E-state index >= 15 is 0 Å². The Kier molecular flexibility index (Phi) is 11.6. The summed E-state index contributed by atoms with van der Waals surface area (Å²) >= 11 is 0. The lowest BCUT2D eigenvalue weighted by molar-refractivity contribution is -0.123. The van der Waals surface area contributed by atoms with Crippen molar-refractivity contribution >= 4 is 35.8 Å². The summed E-state index contributed by atoms with van der Waals surface area (Å²) in [6.45, 7) is 7.70. The molecule has 0 aliphatic heterocycles. The summed E-state index contributed by atoms with van der Waals surface area (Å²) in [7, 11) is 0. The molecule has 22 heavy (non-hydrogen) atoms. The number of hydrogen-bond donors (Lipinski definition) is 4. The van der Waals surface area contributed by atoms with Gasteiger partial charge in [-0.25, -0.2) is 0 Å². The van der Waals surface area contributed by atoms with E-state index in [1.807, 2.05) is 20.8 Å². The normalized spacial score (nSPS) is 22.0. The summed E-state index contributed by atoms with van der Waals surface area (Å²) < 4.78 is 0. The van der Waals surface area contributed by atoms with Crippen LogP contribution in [0.1, 0.15) is 46.5 Å². The van der Waals surface area contributed by atoms with Gasteiger partial charge in [-0.2, -0.15) is 0 Å². The van der Waals surface area contributed by atoms with E-state index in [1.165, 1.54) is 0 Å². The van der Waals surface area contributed by atoms with Crippen LogP contribution in [-0.2, 0) is 4.79 Å². The Bertz CT molecular complexity index is 342. The lowest BCUT2D eigenvalue weighted by Crippen LogP contribution is -2.45. The number of nitrogens with one attached hydrogen (secondary N) is 3. The number of aliphatic hydroxyl groups excluding tert-OH is 1. The zero-order valence-corrected chi connectivity index (χ0v) is 16.2. The first-order valence-electron chi connectivity index (χ1n) is 8.03. The minimum Gasteiger partial charge on any atom is -0.393 e. The van der Waals surface area contributed by atoms with Gasteiger partial charge in [-0.05, 0) is 32.6 Å². The van der Waals surface area contributed by atoms with Crippen molar-refractivity contribution in [2.45, 2.75) is 58.6 Å². The van der Waals surface area contributed by atoms with Gasteiger partial charge in [0.1, 0.15) is 0 Å². The van der Waals surface area contributed by atoms with Crippen LogP contribution in [0, 0.1) is 5.92 Å². The third-order valence-corrected chi connectivity index (χ3v) is 3.59. The van der Waals surface area contributed by atoms with Gasteiger partial charge in [0.2, 0.25) is 5.91 Å². The third-order valence-electron chi connectivity index (χ3n) is 3.59. The van der Waals surface area contributed by atoms with Crippen molar-refractivity contribution in [2.75, 3.05) is 19.6 Å². The molecule has 1 amide bonds. The first-order chi connectivity index (χ1) is 10.0. The van der Waals surface area contributed by atoms with Gasteiger partial charge in [-0.3, -0.25) is 9.79 Å². The van der Waals surface area contributed by atoms with Crippen LogP contribution in [0.2, 0.25) is 0 Å². The molecule has 0 heterocycles. The number of aliphatic imine (C=N–C) groups is 1. The Labute approximate surface area is 150 Å². The van der Waals surface area contributed by atoms with Crippen molar-refractivity contribution in [1.29, 1.82) is 0 Å². The molecule has 0 saturated heterocycles. The average molecular weight is 426 g/mol. The summed E-state index contributed by atoms with van der Waals surface area (Å²) in [5, 5.41) is 19.0. The predicted molar refractivity (Wildman–Crippen MR) is 101 cm³/mol. The van der Waals surface area contributed by atoms with E-state index < -0.39 is 0 Å². The van der Waals surface area contributed by atoms with E-state index in [0.29, 0.717) is 19.1 Å². The molecule has 1 fully saturated rings. The number of nitrogens with zero attached hydrogens (tertiary/aromatic N) is 1. The van der Waals surface area contributed by atoms with Crippen LogP contribution < -0.4 is 16.0 Å². The van der Waals surface area contributed by atoms with E-state index in [4.69, 9.17) is 0 Å². The van der Waals surface area contributed by atoms with Crippen molar-refractivity contribution in [2.24, 2.45) is 10.9 Å². The van der Waals surface area contributed by atoms with Crippen LogP contribution in [-0.4, -0.2) is 48.8 Å². The number of aliphatic hydroxyl groups is 1. The maximum atomic E-state index is 11.4. The zero-order chi connectivity index (χ0) is 15.7. The number of rotatable bonds is 6. The topological polar surface area (TPSA) is 85.8 Å². The second-order valence-corrected chi connectivity index (χ2v) is 5.86. The molecule has 6 nitrogen and oxygen atoms in total. The second-order valence-electron chi connectivity index (χ2n) is 5.86. The Morgan fingerprint density at radius 2 is 1.86 bits per heavy atom. The summed E-state index contributed by atoms with van der Waals surface area (Å²) in [6, 6.07) is 0.372. The molecular weight excluding hydrogens is 395 g/mol. The molecule has 0 aromatic heterocycles. The number of carbonyl (C=O) groups is 1. The first-order valence-corrected chi connectivity index (χ1v) is 8.03. The first kappa shape index (κ1) is 21.4. The van der Waals surface area contributed by atoms with Crippen LogP contribution in [0.4, 0.5) is 0 Å². The molecule has 130 valence electrons. The molecule has 1 saturated carbocycles. The maximum Gasteiger partial charge on any atom is 0.222 e. The van der Waals surface area contributed by atoms with Gasteiger partial charge in [0.25, 0.3) is 0 Å². The molecule has 4 N–H and O–H groups in total. The smallest absolute Gasteiger partial charge is 0.222 e. The molecule has 0 bridgehead atoms. The number of amides is 1. The van der Waals surface area contributed by atoms with Crippen molar-refractivity contribution in [1.82, 2.24) is 16.0 Å². The molecular formula is C15H31IN4O2. The summed E-state index contributed by atoms with van der Waals surface area (Å²) in [5.41, 5.74) is 0. The highest BCUT2D eigenvalue weighted by Crippen LogP contribution is 2.18. The number of hydrogen-bond acceptors (Lipinski definition) is 3. The van der Waals surface area contributed by atoms with Gasteiger partial charge in [-0.1, -0.05) is 13.8 Å². The lowest BCUT2D eigenvalue weighted by atomic mass is 9.93. The Morgan fingerprint density at radius 1 is 1.23 bits per heavy atom. The van der Waals surface area contributed by atoms with Crippen LogP contribution in [0.15, 0.2) is 4.99 Å². The molecule has 0 unspecified atom stereocenters. The zero-order valence-electron chi connectivity index (χ0n) is 13.9. The van der Waals surface area contributed by atoms with Gasteiger partial charge < -0.3 is 21.1 Å². The number of halogens is 1. The molecule has 0 atom stereocenters. The number of carbonyl (C=O) groups excluding carboxylic acids is 1. The monoisotopic (exact) mass is 426 g/mol. The van der Waals surface area contributed by atoms with Crippen molar-refractivity contribution < 1.29 is 9.90 Å². The van der Waals surface area contributed by atoms with E-state index in [1.54, 1.807) is 0 Å². The highest BCUT2D eigenvalue weighted by atomic mass is 127. The molecule has 0 aromatic rings. The van der Waals surface area contributed by atoms with E-state index in [9.17, 15) is 9.90 Å². The molecule has 0 radical (unpaired) electrons. The van der Waals surface area contributed by atoms with Gasteiger partial charge in [0.05, 0.1) is 12.6 Å². The van der Waals surface area contributed by atoms with Gasteiger partial charge >= 0.3 is 0 Å². The summed E-state index contributed by atoms with van der Waals surface area (Å²) in [5.74, 6) is 0.858. The van der Waals surface area contributed by atoms with Crippen LogP contribution in [0.25, 0.3) is 0 Å². The minimum atomic E-state index is -0.145. The van der Waals surface area contributed by atoms with Gasteiger partial charge in [0.15, 0.2) is 5.96 Å². The van der Waals surface area contributed by atoms with Crippen LogP contribution in [0.3, 0.4) is 0 Å². The number of guanidine groups is 1. The van der Waals surface area contributed by atoms with Crippen LogP contribution >= 0.6 is 24.0 Å². The van der Waals surface area contributed by atoms with E-state index in [0.717, 1.165) is 38.2 Å². The molecule has 0 spiro atoms. The second kappa shape index (κ2) is 11.9. The fourth-order valence-electron chi connectivity index (χ4n) is 2.28. The van der Waals surface area contributed by atoms with E-state index in [-0.39, 0.29) is 41.9 Å². The lowest BCUT2D eigenvalue weighted by Gasteiger charge is -2.27. The minimum absolute atomic E-state index is 0. The molecule has 1 rings (SSSR count). The quantitative estimate of drug-likeness (QED) is 0.223. The third kappa shape index (κ3) is 8.77. The fourth-order valence-corrected chi connectivity index (χ4v) is 2.28. The predicted octanol–water partition coefficient (Wildman–Crippen LogP) is 1.24. The van der Waals surface area contributed by atoms with Crippen molar-refractivity contribution in [3.05, 3.63) is 0 Å². The largest absolute Gasteiger partial charge is 0.393 e. The van der Waals surface area contributed by atoms with Crippen LogP contribution in [0.5, 0.6) is 0 Å². The fraction of sp³-hybridized carbons (Fsp3) is 0.867. The Morgan fingerprint density at radius 3 is 2.41 bits per heavy atom. The standard InChI is InChI=1S/C15H30N4O2.HI/c1-4-16-15(18-10-9-17-14(21)11(2)3)19-12-5-7-13(20)8-6-12;/h11-13,20H,4-10H2,1-3H3,(H,17,21)(H2,16,18,19);1H. The SMILES string of the molecule is CCNC(=NCCNC(=O)C(C)C)NC1CCC(O)CC1.I. The van der Waals surface area contributed by atoms with E-state index in [2.05, 4.69) is 20.9 Å². The Balaban J connectivity index is 0.00000441. The molecule has 0 aromatic carbocycles. The van der Waals surface area contributed by atoms with Crippen molar-refractivity contribution in [3.63, 3.8) is 0 Å². The van der Waals surface area contributed by atoms with Gasteiger partial charge in [-0.15, -0.1) is 24.0 Å². The van der Waals surface area contributed by atoms with Gasteiger partial charge in [0, 0.05) is 25.0 Å². The maximum absolute atomic E-state index is 11.4. The molecule has 7 heteroatoms. The summed E-state index contributed by atoms with van der Waals surface area (Å²) in [4.78, 5) is 15.9. The van der Waals surface area contributed by atoms with Crippen molar-refractivity contribution in [3.8, 4) is 0 Å². The summed E-state index contributed by atoms with van der Waals surface area (Å²) in [6.07, 6.45) is 3.49. The Hall–Kier alpha value is -0.570. The average Bonchev–Trinajstić information content (AvgIpc) is 2.45. The molecule has 1 aliphatic carbocycles. The highest BCUT2D eigenvalue weighted by molar-refractivity contribution is 14.0. The molecule has 1 aliphatic rings. The highest BCUT2D eigenvalue weighted by Gasteiger charge is 2.19.